The molecule has 1 aromatic carbocycles. The van der Waals surface area contributed by atoms with E-state index in [1.165, 1.54) is 0 Å². The summed E-state index contributed by atoms with van der Waals surface area (Å²) in [5.74, 6) is 0.249. The highest BCUT2D eigenvalue weighted by Crippen LogP contribution is 2.23. The van der Waals surface area contributed by atoms with Crippen molar-refractivity contribution in [3.8, 4) is 0 Å². The Labute approximate surface area is 206 Å². The maximum atomic E-state index is 12.7. The van der Waals surface area contributed by atoms with E-state index in [1.54, 1.807) is 17.0 Å². The van der Waals surface area contributed by atoms with Crippen LogP contribution in [-0.4, -0.2) is 69.9 Å². The number of anilines is 2. The van der Waals surface area contributed by atoms with Gasteiger partial charge < -0.3 is 31.4 Å². The molecule has 2 saturated heterocycles. The van der Waals surface area contributed by atoms with Crippen LogP contribution in [0, 0.1) is 5.41 Å². The monoisotopic (exact) mass is 507 g/mol. The molecule has 1 aromatic heterocycles. The van der Waals surface area contributed by atoms with Gasteiger partial charge in [0.1, 0.15) is 11.4 Å². The van der Waals surface area contributed by atoms with Crippen molar-refractivity contribution in [2.24, 2.45) is 0 Å². The van der Waals surface area contributed by atoms with Gasteiger partial charge in [-0.05, 0) is 37.0 Å². The molecule has 2 atom stereocenters. The molecule has 34 heavy (non-hydrogen) atoms. The fraction of sp³-hybridized carbons (Fsp3) is 0.455. The second kappa shape index (κ2) is 10.7. The van der Waals surface area contributed by atoms with Gasteiger partial charge in [0.05, 0.1) is 22.2 Å². The maximum absolute atomic E-state index is 12.7. The minimum Gasteiger partial charge on any atom is -0.392 e. The first kappa shape index (κ1) is 24.5. The molecule has 0 aliphatic carbocycles. The lowest BCUT2D eigenvalue weighted by molar-refractivity contribution is -0.134. The van der Waals surface area contributed by atoms with Crippen LogP contribution in [0.3, 0.4) is 0 Å². The molecule has 1 amide bonds. The van der Waals surface area contributed by atoms with Crippen LogP contribution in [-0.2, 0) is 11.3 Å². The van der Waals surface area contributed by atoms with Gasteiger partial charge in [0.15, 0.2) is 0 Å². The number of H-pyrrole nitrogens is 1. The van der Waals surface area contributed by atoms with Gasteiger partial charge in [0.2, 0.25) is 11.9 Å². The van der Waals surface area contributed by atoms with Gasteiger partial charge in [0, 0.05) is 38.4 Å². The van der Waals surface area contributed by atoms with Gasteiger partial charge in [-0.3, -0.25) is 14.6 Å². The molecule has 10 nitrogen and oxygen atoms in total. The van der Waals surface area contributed by atoms with Gasteiger partial charge >= 0.3 is 0 Å². The van der Waals surface area contributed by atoms with Gasteiger partial charge in [-0.1, -0.05) is 29.3 Å². The fourth-order valence-electron chi connectivity index (χ4n) is 4.23. The first-order chi connectivity index (χ1) is 16.3. The van der Waals surface area contributed by atoms with Crippen LogP contribution in [0.25, 0.3) is 0 Å². The SMILES string of the molecule is N=Cc1nc(NCc2ccc(Cl)c(Cl)c2)[nH]c(=O)c1NC1CCN(C(=O)C2CC(O)CN2)CC1. The predicted octanol–water partition coefficient (Wildman–Crippen LogP) is 1.81. The van der Waals surface area contributed by atoms with Crippen LogP contribution in [0.4, 0.5) is 11.6 Å². The molecule has 2 aromatic rings. The summed E-state index contributed by atoms with van der Waals surface area (Å²) in [7, 11) is 0. The van der Waals surface area contributed by atoms with Crippen LogP contribution in [0.15, 0.2) is 23.0 Å². The number of nitrogens with one attached hydrogen (secondary N) is 5. The molecular formula is C22H27Cl2N7O3. The summed E-state index contributed by atoms with van der Waals surface area (Å²) in [6, 6.07) is 4.88. The van der Waals surface area contributed by atoms with Crippen molar-refractivity contribution in [2.45, 2.75) is 44.0 Å². The summed E-state index contributed by atoms with van der Waals surface area (Å²) in [5.41, 5.74) is 0.940. The minimum atomic E-state index is -0.478. The molecule has 3 heterocycles. The number of piperidine rings is 1. The highest BCUT2D eigenvalue weighted by atomic mass is 35.5. The minimum absolute atomic E-state index is 0.00657. The molecule has 0 bridgehead atoms. The summed E-state index contributed by atoms with van der Waals surface area (Å²) in [6.45, 7) is 1.91. The predicted molar refractivity (Wildman–Crippen MR) is 132 cm³/mol. The largest absolute Gasteiger partial charge is 0.392 e. The van der Waals surface area contributed by atoms with Gasteiger partial charge in [0.25, 0.3) is 5.56 Å². The Morgan fingerprint density at radius 1 is 1.29 bits per heavy atom. The molecule has 6 N–H and O–H groups in total. The highest BCUT2D eigenvalue weighted by Gasteiger charge is 2.33. The number of aromatic amines is 1. The summed E-state index contributed by atoms with van der Waals surface area (Å²) in [6.07, 6.45) is 2.32. The van der Waals surface area contributed by atoms with Crippen molar-refractivity contribution in [2.75, 3.05) is 30.3 Å². The third-order valence-electron chi connectivity index (χ3n) is 6.09. The first-order valence-corrected chi connectivity index (χ1v) is 11.9. The number of aliphatic hydroxyl groups excluding tert-OH is 1. The number of carbonyl (C=O) groups is 1. The summed E-state index contributed by atoms with van der Waals surface area (Å²) < 4.78 is 0. The number of amides is 1. The topological polar surface area (TPSA) is 146 Å². The van der Waals surface area contributed by atoms with E-state index in [0.29, 0.717) is 55.5 Å². The zero-order valence-electron chi connectivity index (χ0n) is 18.4. The van der Waals surface area contributed by atoms with E-state index in [4.69, 9.17) is 28.6 Å². The molecule has 0 radical (unpaired) electrons. The van der Waals surface area contributed by atoms with Crippen LogP contribution >= 0.6 is 23.2 Å². The van der Waals surface area contributed by atoms with E-state index >= 15 is 0 Å². The number of hydrogen-bond donors (Lipinski definition) is 6. The molecule has 0 saturated carbocycles. The Balaban J connectivity index is 1.36. The molecule has 2 aliphatic heterocycles. The normalized spacial score (nSPS) is 20.9. The van der Waals surface area contributed by atoms with E-state index in [0.717, 1.165) is 11.8 Å². The second-order valence-electron chi connectivity index (χ2n) is 8.52. The van der Waals surface area contributed by atoms with Crippen molar-refractivity contribution in [3.63, 3.8) is 0 Å². The van der Waals surface area contributed by atoms with Crippen molar-refractivity contribution in [1.82, 2.24) is 20.2 Å². The number of hydrogen-bond acceptors (Lipinski definition) is 8. The Bertz CT molecular complexity index is 1120. The van der Waals surface area contributed by atoms with Crippen molar-refractivity contribution >= 4 is 47.0 Å². The Hall–Kier alpha value is -2.66. The molecule has 0 spiro atoms. The van der Waals surface area contributed by atoms with E-state index in [9.17, 15) is 14.7 Å². The standard InChI is InChI=1S/C22H27Cl2N7O3/c23-15-2-1-12(7-16(15)24)10-27-22-29-18(9-25)19(20(33)30-22)28-13-3-5-31(6-4-13)21(34)17-8-14(32)11-26-17/h1-2,7,9,13-14,17,25-26,28,32H,3-6,8,10-11H2,(H2,27,29,30,33). The van der Waals surface area contributed by atoms with Crippen molar-refractivity contribution < 1.29 is 9.90 Å². The third-order valence-corrected chi connectivity index (χ3v) is 6.83. The number of aromatic nitrogens is 2. The van der Waals surface area contributed by atoms with Gasteiger partial charge in [-0.15, -0.1) is 0 Å². The summed E-state index contributed by atoms with van der Waals surface area (Å²) >= 11 is 12.0. The second-order valence-corrected chi connectivity index (χ2v) is 9.33. The van der Waals surface area contributed by atoms with Gasteiger partial charge in [-0.25, -0.2) is 4.98 Å². The Morgan fingerprint density at radius 2 is 2.06 bits per heavy atom. The summed E-state index contributed by atoms with van der Waals surface area (Å²) in [4.78, 5) is 34.2. The zero-order chi connectivity index (χ0) is 24.2. The van der Waals surface area contributed by atoms with Crippen LogP contribution in [0.2, 0.25) is 10.0 Å². The van der Waals surface area contributed by atoms with Crippen LogP contribution in [0.1, 0.15) is 30.5 Å². The number of rotatable bonds is 7. The van der Waals surface area contributed by atoms with Crippen LogP contribution in [0.5, 0.6) is 0 Å². The molecule has 4 rings (SSSR count). The molecular weight excluding hydrogens is 481 g/mol. The van der Waals surface area contributed by atoms with Crippen molar-refractivity contribution in [1.29, 1.82) is 5.41 Å². The molecule has 2 fully saturated rings. The molecule has 12 heteroatoms. The average molecular weight is 508 g/mol. The number of β-amino-alcohol motifs (C(OH)–C–C–N with tert-alkyl or cyclic N) is 1. The third kappa shape index (κ3) is 5.69. The van der Waals surface area contributed by atoms with Gasteiger partial charge in [-0.2, -0.15) is 0 Å². The first-order valence-electron chi connectivity index (χ1n) is 11.1. The lowest BCUT2D eigenvalue weighted by Gasteiger charge is -2.34. The zero-order valence-corrected chi connectivity index (χ0v) is 19.9. The maximum Gasteiger partial charge on any atom is 0.276 e. The van der Waals surface area contributed by atoms with E-state index in [1.807, 2.05) is 6.07 Å². The average Bonchev–Trinajstić information content (AvgIpc) is 3.27. The number of likely N-dealkylation sites (tertiary alicyclic amines) is 1. The number of nitrogens with zero attached hydrogens (tertiary/aromatic N) is 2. The number of halogens is 2. The number of benzene rings is 1. The molecule has 2 aliphatic rings. The van der Waals surface area contributed by atoms with E-state index < -0.39 is 6.10 Å². The Kier molecular flexibility index (Phi) is 7.72. The fourth-order valence-corrected chi connectivity index (χ4v) is 4.55. The quantitative estimate of drug-likeness (QED) is 0.313. The lowest BCUT2D eigenvalue weighted by atomic mass is 10.0. The smallest absolute Gasteiger partial charge is 0.276 e. The molecule has 182 valence electrons. The highest BCUT2D eigenvalue weighted by molar-refractivity contribution is 6.42. The molecule has 2 unspecified atom stereocenters. The lowest BCUT2D eigenvalue weighted by Crippen LogP contribution is -2.49. The van der Waals surface area contributed by atoms with E-state index in [2.05, 4.69) is 25.9 Å². The number of carbonyl (C=O) groups excluding carboxylic acids is 1. The van der Waals surface area contributed by atoms with Crippen LogP contribution < -0.4 is 21.5 Å². The van der Waals surface area contributed by atoms with Crippen molar-refractivity contribution in [3.05, 3.63) is 49.9 Å². The number of aliphatic hydroxyl groups is 1. The van der Waals surface area contributed by atoms with E-state index in [-0.39, 0.29) is 40.9 Å². The Morgan fingerprint density at radius 3 is 2.71 bits per heavy atom. The summed E-state index contributed by atoms with van der Waals surface area (Å²) in [5, 5.41) is 27.6.